The highest BCUT2D eigenvalue weighted by molar-refractivity contribution is 5.93. The average Bonchev–Trinajstić information content (AvgIpc) is 2.84. The summed E-state index contributed by atoms with van der Waals surface area (Å²) < 4.78 is 0. The van der Waals surface area contributed by atoms with Gasteiger partial charge in [0.15, 0.2) is 0 Å². The Morgan fingerprint density at radius 2 is 2.19 bits per heavy atom. The SMILES string of the molecule is O=C(NCCc1ccncc1)c1cn[nH]c1. The fourth-order valence-corrected chi connectivity index (χ4v) is 1.35. The van der Waals surface area contributed by atoms with Gasteiger partial charge >= 0.3 is 0 Å². The van der Waals surface area contributed by atoms with Crippen molar-refractivity contribution >= 4 is 5.91 Å². The Morgan fingerprint density at radius 1 is 1.38 bits per heavy atom. The van der Waals surface area contributed by atoms with Gasteiger partial charge in [-0.2, -0.15) is 5.10 Å². The van der Waals surface area contributed by atoms with E-state index in [2.05, 4.69) is 20.5 Å². The van der Waals surface area contributed by atoms with Gasteiger partial charge in [-0.05, 0) is 24.1 Å². The summed E-state index contributed by atoms with van der Waals surface area (Å²) in [5, 5.41) is 9.13. The number of carbonyl (C=O) groups excluding carboxylic acids is 1. The molecular weight excluding hydrogens is 204 g/mol. The van der Waals surface area contributed by atoms with Crippen molar-refractivity contribution in [3.8, 4) is 0 Å². The second kappa shape index (κ2) is 5.06. The van der Waals surface area contributed by atoms with Crippen molar-refractivity contribution in [2.45, 2.75) is 6.42 Å². The Morgan fingerprint density at radius 3 is 2.88 bits per heavy atom. The summed E-state index contributed by atoms with van der Waals surface area (Å²) in [5.74, 6) is -0.109. The Bertz CT molecular complexity index is 438. The van der Waals surface area contributed by atoms with Crippen molar-refractivity contribution in [1.29, 1.82) is 0 Å². The zero-order chi connectivity index (χ0) is 11.2. The minimum Gasteiger partial charge on any atom is -0.352 e. The number of hydrogen-bond donors (Lipinski definition) is 2. The maximum atomic E-state index is 11.5. The van der Waals surface area contributed by atoms with E-state index in [1.807, 2.05) is 12.1 Å². The standard InChI is InChI=1S/C11H12N4O/c16-11(10-7-14-15-8-10)13-6-3-9-1-4-12-5-2-9/h1-2,4-5,7-8H,3,6H2,(H,13,16)(H,14,15). The van der Waals surface area contributed by atoms with Crippen molar-refractivity contribution in [3.05, 3.63) is 48.0 Å². The van der Waals surface area contributed by atoms with Gasteiger partial charge in [0.25, 0.3) is 5.91 Å². The second-order valence-electron chi connectivity index (χ2n) is 3.35. The predicted molar refractivity (Wildman–Crippen MR) is 58.9 cm³/mol. The number of rotatable bonds is 4. The lowest BCUT2D eigenvalue weighted by molar-refractivity contribution is 0.0954. The molecule has 0 saturated carbocycles. The van der Waals surface area contributed by atoms with Gasteiger partial charge in [-0.25, -0.2) is 0 Å². The van der Waals surface area contributed by atoms with Crippen LogP contribution in [-0.2, 0) is 6.42 Å². The van der Waals surface area contributed by atoms with E-state index in [4.69, 9.17) is 0 Å². The van der Waals surface area contributed by atoms with Gasteiger partial charge in [0.05, 0.1) is 11.8 Å². The van der Waals surface area contributed by atoms with E-state index in [1.165, 1.54) is 6.20 Å². The molecule has 0 aliphatic carbocycles. The van der Waals surface area contributed by atoms with E-state index in [-0.39, 0.29) is 5.91 Å². The lowest BCUT2D eigenvalue weighted by Gasteiger charge is -2.03. The van der Waals surface area contributed by atoms with Crippen molar-refractivity contribution < 1.29 is 4.79 Å². The summed E-state index contributed by atoms with van der Waals surface area (Å²) in [6.45, 7) is 0.605. The normalized spacial score (nSPS) is 10.0. The third-order valence-electron chi connectivity index (χ3n) is 2.21. The summed E-state index contributed by atoms with van der Waals surface area (Å²) in [6, 6.07) is 3.87. The van der Waals surface area contributed by atoms with Gasteiger partial charge in [-0.15, -0.1) is 0 Å². The molecule has 2 aromatic heterocycles. The number of H-pyrrole nitrogens is 1. The van der Waals surface area contributed by atoms with Gasteiger partial charge in [0.1, 0.15) is 0 Å². The molecule has 82 valence electrons. The first kappa shape index (κ1) is 10.4. The maximum absolute atomic E-state index is 11.5. The molecule has 0 aliphatic heterocycles. The van der Waals surface area contributed by atoms with Gasteiger partial charge < -0.3 is 5.32 Å². The number of pyridine rings is 1. The molecule has 1 amide bonds. The molecule has 2 rings (SSSR count). The molecular formula is C11H12N4O. The Balaban J connectivity index is 1.79. The van der Waals surface area contributed by atoms with Crippen LogP contribution in [-0.4, -0.2) is 27.6 Å². The summed E-state index contributed by atoms with van der Waals surface area (Å²) in [5.41, 5.74) is 1.71. The lowest BCUT2D eigenvalue weighted by Crippen LogP contribution is -2.25. The van der Waals surface area contributed by atoms with Crippen LogP contribution in [0.15, 0.2) is 36.9 Å². The average molecular weight is 216 g/mol. The molecule has 0 atom stereocenters. The highest BCUT2D eigenvalue weighted by Gasteiger charge is 2.04. The van der Waals surface area contributed by atoms with E-state index >= 15 is 0 Å². The van der Waals surface area contributed by atoms with Crippen LogP contribution in [0.5, 0.6) is 0 Å². The molecule has 16 heavy (non-hydrogen) atoms. The molecule has 0 fully saturated rings. The third-order valence-corrected chi connectivity index (χ3v) is 2.21. The molecule has 2 aromatic rings. The third kappa shape index (κ3) is 2.66. The number of amides is 1. The zero-order valence-electron chi connectivity index (χ0n) is 8.68. The minimum absolute atomic E-state index is 0.109. The van der Waals surface area contributed by atoms with Crippen LogP contribution in [0.1, 0.15) is 15.9 Å². The predicted octanol–water partition coefficient (Wildman–Crippen LogP) is 0.777. The molecule has 0 unspecified atom stereocenters. The number of carbonyl (C=O) groups is 1. The van der Waals surface area contributed by atoms with Crippen LogP contribution in [0.2, 0.25) is 0 Å². The van der Waals surface area contributed by atoms with Gasteiger partial charge in [-0.1, -0.05) is 0 Å². The van der Waals surface area contributed by atoms with Crippen molar-refractivity contribution in [2.24, 2.45) is 0 Å². The number of hydrogen-bond acceptors (Lipinski definition) is 3. The summed E-state index contributed by atoms with van der Waals surface area (Å²) in [4.78, 5) is 15.4. The first-order valence-electron chi connectivity index (χ1n) is 5.02. The molecule has 5 heteroatoms. The molecule has 2 N–H and O–H groups in total. The van der Waals surface area contributed by atoms with Crippen LogP contribution in [0.25, 0.3) is 0 Å². The molecule has 0 bridgehead atoms. The van der Waals surface area contributed by atoms with Crippen LogP contribution in [0, 0.1) is 0 Å². The summed E-state index contributed by atoms with van der Waals surface area (Å²) >= 11 is 0. The molecule has 0 spiro atoms. The first-order chi connectivity index (χ1) is 7.86. The Kier molecular flexibility index (Phi) is 3.28. The van der Waals surface area contributed by atoms with Crippen molar-refractivity contribution in [2.75, 3.05) is 6.54 Å². The molecule has 5 nitrogen and oxygen atoms in total. The van der Waals surface area contributed by atoms with E-state index in [1.54, 1.807) is 18.6 Å². The molecule has 0 aliphatic rings. The van der Waals surface area contributed by atoms with E-state index < -0.39 is 0 Å². The molecule has 2 heterocycles. The van der Waals surface area contributed by atoms with E-state index in [0.29, 0.717) is 12.1 Å². The van der Waals surface area contributed by atoms with Crippen molar-refractivity contribution in [3.63, 3.8) is 0 Å². The topological polar surface area (TPSA) is 70.7 Å². The quantitative estimate of drug-likeness (QED) is 0.793. The maximum Gasteiger partial charge on any atom is 0.254 e. The number of aromatic amines is 1. The van der Waals surface area contributed by atoms with E-state index in [9.17, 15) is 4.79 Å². The highest BCUT2D eigenvalue weighted by atomic mass is 16.1. The van der Waals surface area contributed by atoms with Crippen LogP contribution < -0.4 is 5.32 Å². The molecule has 0 saturated heterocycles. The van der Waals surface area contributed by atoms with Crippen LogP contribution >= 0.6 is 0 Å². The highest BCUT2D eigenvalue weighted by Crippen LogP contribution is 1.97. The molecule has 0 radical (unpaired) electrons. The van der Waals surface area contributed by atoms with Gasteiger partial charge in [0, 0.05) is 25.1 Å². The first-order valence-corrected chi connectivity index (χ1v) is 5.02. The summed E-state index contributed by atoms with van der Waals surface area (Å²) in [6.07, 6.45) is 7.36. The number of nitrogens with zero attached hydrogens (tertiary/aromatic N) is 2. The van der Waals surface area contributed by atoms with Gasteiger partial charge in [-0.3, -0.25) is 14.9 Å². The van der Waals surface area contributed by atoms with Crippen LogP contribution in [0.3, 0.4) is 0 Å². The van der Waals surface area contributed by atoms with Crippen molar-refractivity contribution in [1.82, 2.24) is 20.5 Å². The Labute approximate surface area is 92.9 Å². The zero-order valence-corrected chi connectivity index (χ0v) is 8.68. The molecule has 0 aromatic carbocycles. The number of aromatic nitrogens is 3. The second-order valence-corrected chi connectivity index (χ2v) is 3.35. The van der Waals surface area contributed by atoms with Gasteiger partial charge in [0.2, 0.25) is 0 Å². The fourth-order valence-electron chi connectivity index (χ4n) is 1.35. The monoisotopic (exact) mass is 216 g/mol. The lowest BCUT2D eigenvalue weighted by atomic mass is 10.2. The van der Waals surface area contributed by atoms with E-state index in [0.717, 1.165) is 12.0 Å². The smallest absolute Gasteiger partial charge is 0.254 e. The minimum atomic E-state index is -0.109. The Hall–Kier alpha value is -2.17. The van der Waals surface area contributed by atoms with Crippen LogP contribution in [0.4, 0.5) is 0 Å². The largest absolute Gasteiger partial charge is 0.352 e. The number of nitrogens with one attached hydrogen (secondary N) is 2. The summed E-state index contributed by atoms with van der Waals surface area (Å²) in [7, 11) is 0. The fraction of sp³-hybridized carbons (Fsp3) is 0.182.